The van der Waals surface area contributed by atoms with Crippen LogP contribution >= 0.6 is 11.6 Å². The van der Waals surface area contributed by atoms with Gasteiger partial charge in [0.15, 0.2) is 0 Å². The van der Waals surface area contributed by atoms with Crippen LogP contribution in [0.5, 0.6) is 0 Å². The van der Waals surface area contributed by atoms with Crippen LogP contribution in [0.15, 0.2) is 54.7 Å². The van der Waals surface area contributed by atoms with Gasteiger partial charge >= 0.3 is 0 Å². The van der Waals surface area contributed by atoms with Crippen molar-refractivity contribution in [2.75, 3.05) is 19.7 Å². The minimum atomic E-state index is -0.237. The van der Waals surface area contributed by atoms with E-state index in [0.29, 0.717) is 19.7 Å². The maximum atomic E-state index is 13.5. The van der Waals surface area contributed by atoms with Crippen LogP contribution in [0.3, 0.4) is 0 Å². The van der Waals surface area contributed by atoms with Gasteiger partial charge in [-0.3, -0.25) is 9.88 Å². The van der Waals surface area contributed by atoms with E-state index >= 15 is 0 Å². The van der Waals surface area contributed by atoms with Crippen LogP contribution in [0, 0.1) is 5.82 Å². The van der Waals surface area contributed by atoms with Crippen molar-refractivity contribution in [1.29, 1.82) is 0 Å². The molecule has 0 aliphatic carbocycles. The maximum absolute atomic E-state index is 13.5. The average Bonchev–Trinajstić information content (AvgIpc) is 2.64. The molecule has 0 spiro atoms. The molecule has 3 nitrogen and oxygen atoms in total. The number of nitrogens with zero attached hydrogens (tertiary/aromatic N) is 2. The number of pyridine rings is 1. The van der Waals surface area contributed by atoms with Crippen molar-refractivity contribution in [2.24, 2.45) is 0 Å². The van der Waals surface area contributed by atoms with E-state index in [1.165, 1.54) is 6.07 Å². The molecule has 0 N–H and O–H groups in total. The van der Waals surface area contributed by atoms with Crippen LogP contribution < -0.4 is 0 Å². The van der Waals surface area contributed by atoms with Crippen molar-refractivity contribution in [3.8, 4) is 0 Å². The first-order valence-corrected chi connectivity index (χ1v) is 8.70. The quantitative estimate of drug-likeness (QED) is 0.685. The minimum absolute atomic E-state index is 0.133. The van der Waals surface area contributed by atoms with Crippen LogP contribution in [-0.2, 0) is 11.3 Å². The third kappa shape index (κ3) is 3.52. The zero-order chi connectivity index (χ0) is 17.2. The van der Waals surface area contributed by atoms with Gasteiger partial charge in [-0.15, -0.1) is 0 Å². The van der Waals surface area contributed by atoms with E-state index in [4.69, 9.17) is 16.3 Å². The molecule has 0 amide bonds. The number of aromatic nitrogens is 1. The van der Waals surface area contributed by atoms with Crippen molar-refractivity contribution >= 4 is 22.5 Å². The van der Waals surface area contributed by atoms with Gasteiger partial charge in [-0.05, 0) is 29.8 Å². The fourth-order valence-electron chi connectivity index (χ4n) is 3.31. The molecule has 1 aliphatic heterocycles. The van der Waals surface area contributed by atoms with E-state index in [9.17, 15) is 4.39 Å². The van der Waals surface area contributed by atoms with E-state index in [1.807, 2.05) is 30.3 Å². The largest absolute Gasteiger partial charge is 0.371 e. The molecule has 1 aromatic heterocycles. The molecule has 1 atom stereocenters. The Bertz CT molecular complexity index is 902. The van der Waals surface area contributed by atoms with Crippen molar-refractivity contribution in [2.45, 2.75) is 12.6 Å². The topological polar surface area (TPSA) is 25.4 Å². The third-order valence-electron chi connectivity index (χ3n) is 4.58. The van der Waals surface area contributed by atoms with Crippen molar-refractivity contribution in [1.82, 2.24) is 9.88 Å². The Morgan fingerprint density at radius 3 is 3.00 bits per heavy atom. The van der Waals surface area contributed by atoms with Crippen LogP contribution in [-0.4, -0.2) is 29.6 Å². The zero-order valence-corrected chi connectivity index (χ0v) is 14.4. The molecular formula is C20H18ClFN2O. The lowest BCUT2D eigenvalue weighted by atomic mass is 10.1. The molecule has 1 unspecified atom stereocenters. The summed E-state index contributed by atoms with van der Waals surface area (Å²) in [6, 6.07) is 14.5. The molecule has 1 fully saturated rings. The fraction of sp³-hybridized carbons (Fsp3) is 0.250. The fourth-order valence-corrected chi connectivity index (χ4v) is 3.52. The van der Waals surface area contributed by atoms with Crippen LogP contribution in [0.2, 0.25) is 5.02 Å². The number of fused-ring (bicyclic) bond motifs is 1. The summed E-state index contributed by atoms with van der Waals surface area (Å²) in [5.74, 6) is -0.237. The Balaban J connectivity index is 1.58. The highest BCUT2D eigenvalue weighted by Crippen LogP contribution is 2.29. The molecule has 25 heavy (non-hydrogen) atoms. The van der Waals surface area contributed by atoms with E-state index < -0.39 is 0 Å². The number of rotatable bonds is 3. The molecule has 128 valence electrons. The molecule has 4 rings (SSSR count). The maximum Gasteiger partial charge on any atom is 0.123 e. The Hall–Kier alpha value is -2.01. The normalized spacial score (nSPS) is 18.6. The van der Waals surface area contributed by atoms with Gasteiger partial charge in [0.2, 0.25) is 0 Å². The number of morpholine rings is 1. The molecule has 2 heterocycles. The summed E-state index contributed by atoms with van der Waals surface area (Å²) in [5, 5.41) is 1.80. The highest BCUT2D eigenvalue weighted by molar-refractivity contribution is 6.32. The molecule has 2 aromatic carbocycles. The monoisotopic (exact) mass is 356 g/mol. The van der Waals surface area contributed by atoms with Crippen molar-refractivity contribution < 1.29 is 9.13 Å². The number of ether oxygens (including phenoxy) is 1. The molecular weight excluding hydrogens is 339 g/mol. The van der Waals surface area contributed by atoms with Gasteiger partial charge < -0.3 is 4.74 Å². The smallest absolute Gasteiger partial charge is 0.123 e. The lowest BCUT2D eigenvalue weighted by Gasteiger charge is -2.33. The van der Waals surface area contributed by atoms with E-state index in [1.54, 1.807) is 18.3 Å². The predicted molar refractivity (Wildman–Crippen MR) is 97.1 cm³/mol. The average molecular weight is 357 g/mol. The van der Waals surface area contributed by atoms with Crippen molar-refractivity contribution in [3.63, 3.8) is 0 Å². The lowest BCUT2D eigenvalue weighted by Crippen LogP contribution is -2.38. The van der Waals surface area contributed by atoms with Gasteiger partial charge in [0.1, 0.15) is 5.82 Å². The van der Waals surface area contributed by atoms with Gasteiger partial charge in [0.05, 0.1) is 18.2 Å². The predicted octanol–water partition coefficient (Wildman–Crippen LogP) is 4.60. The highest BCUT2D eigenvalue weighted by atomic mass is 35.5. The van der Waals surface area contributed by atoms with E-state index in [2.05, 4.69) is 9.88 Å². The van der Waals surface area contributed by atoms with E-state index in [0.717, 1.165) is 33.6 Å². The Labute approximate surface area is 151 Å². The molecule has 3 aromatic rings. The Morgan fingerprint density at radius 2 is 2.12 bits per heavy atom. The van der Waals surface area contributed by atoms with Gasteiger partial charge in [0.25, 0.3) is 0 Å². The molecule has 0 bridgehead atoms. The first kappa shape index (κ1) is 16.5. The second-order valence-corrected chi connectivity index (χ2v) is 6.66. The summed E-state index contributed by atoms with van der Waals surface area (Å²) in [7, 11) is 0. The number of benzene rings is 2. The molecule has 1 saturated heterocycles. The van der Waals surface area contributed by atoms with Gasteiger partial charge in [-0.1, -0.05) is 35.9 Å². The highest BCUT2D eigenvalue weighted by Gasteiger charge is 2.23. The van der Waals surface area contributed by atoms with Crippen LogP contribution in [0.25, 0.3) is 10.9 Å². The first-order chi connectivity index (χ1) is 12.2. The Morgan fingerprint density at radius 1 is 1.20 bits per heavy atom. The van der Waals surface area contributed by atoms with Gasteiger partial charge in [-0.25, -0.2) is 4.39 Å². The third-order valence-corrected chi connectivity index (χ3v) is 4.93. The number of hydrogen-bond acceptors (Lipinski definition) is 3. The second kappa shape index (κ2) is 7.08. The Kier molecular flexibility index (Phi) is 4.66. The SMILES string of the molecule is Fc1cccc(C2CN(Cc3c(Cl)ccc4cccnc34)CCO2)c1. The first-order valence-electron chi connectivity index (χ1n) is 8.32. The molecule has 0 saturated carbocycles. The van der Waals surface area contributed by atoms with E-state index in [-0.39, 0.29) is 11.9 Å². The summed E-state index contributed by atoms with van der Waals surface area (Å²) < 4.78 is 19.3. The van der Waals surface area contributed by atoms with Crippen LogP contribution in [0.1, 0.15) is 17.2 Å². The molecule has 5 heteroatoms. The van der Waals surface area contributed by atoms with Crippen LogP contribution in [0.4, 0.5) is 4.39 Å². The lowest BCUT2D eigenvalue weighted by molar-refractivity contribution is -0.0329. The summed E-state index contributed by atoms with van der Waals surface area (Å²) in [6.07, 6.45) is 1.66. The molecule has 0 radical (unpaired) electrons. The van der Waals surface area contributed by atoms with Crippen molar-refractivity contribution in [3.05, 3.63) is 76.7 Å². The summed E-state index contributed by atoms with van der Waals surface area (Å²) in [4.78, 5) is 6.79. The number of hydrogen-bond donors (Lipinski definition) is 0. The summed E-state index contributed by atoms with van der Waals surface area (Å²) >= 11 is 6.45. The number of halogens is 2. The summed E-state index contributed by atoms with van der Waals surface area (Å²) in [6.45, 7) is 2.81. The van der Waals surface area contributed by atoms with Gasteiger partial charge in [0, 0.05) is 41.8 Å². The standard InChI is InChI=1S/C20H18ClFN2O/c21-18-7-6-14-4-2-8-23-20(14)17(18)12-24-9-10-25-19(13-24)15-3-1-5-16(22)11-15/h1-8,11,19H,9-10,12-13H2. The second-order valence-electron chi connectivity index (χ2n) is 6.25. The summed E-state index contributed by atoms with van der Waals surface area (Å²) in [5.41, 5.74) is 2.83. The minimum Gasteiger partial charge on any atom is -0.371 e. The molecule has 1 aliphatic rings. The zero-order valence-electron chi connectivity index (χ0n) is 13.7. The van der Waals surface area contributed by atoms with Gasteiger partial charge in [-0.2, -0.15) is 0 Å².